The monoisotopic (exact) mass is 282 g/mol. The first-order chi connectivity index (χ1) is 9.00. The molecule has 0 aromatic heterocycles. The fourth-order valence-electron chi connectivity index (χ4n) is 2.12. The number of carboxylic acid groups (broad SMARTS) is 1. The van der Waals surface area contributed by atoms with Crippen LogP contribution in [0.3, 0.4) is 0 Å². The van der Waals surface area contributed by atoms with Crippen LogP contribution in [0.4, 0.5) is 11.4 Å². The predicted molar refractivity (Wildman–Crippen MR) is 74.2 cm³/mol. The highest BCUT2D eigenvalue weighted by Gasteiger charge is 2.26. The summed E-state index contributed by atoms with van der Waals surface area (Å²) >= 11 is 1.80. The van der Waals surface area contributed by atoms with Crippen molar-refractivity contribution < 1.29 is 14.8 Å². The van der Waals surface area contributed by atoms with Crippen molar-refractivity contribution in [3.05, 3.63) is 33.9 Å². The lowest BCUT2D eigenvalue weighted by molar-refractivity contribution is -0.384. The van der Waals surface area contributed by atoms with E-state index in [0.717, 1.165) is 17.9 Å². The number of nitro benzene ring substituents is 1. The molecule has 1 heterocycles. The Morgan fingerprint density at radius 2 is 2.32 bits per heavy atom. The number of nitro groups is 1. The summed E-state index contributed by atoms with van der Waals surface area (Å²) in [7, 11) is 1.78. The number of nitrogens with zero attached hydrogens (tertiary/aromatic N) is 2. The Morgan fingerprint density at radius 3 is 2.84 bits per heavy atom. The van der Waals surface area contributed by atoms with Gasteiger partial charge in [-0.15, -0.1) is 0 Å². The fourth-order valence-corrected chi connectivity index (χ4v) is 3.39. The molecule has 1 unspecified atom stereocenters. The Morgan fingerprint density at radius 1 is 1.58 bits per heavy atom. The first-order valence-electron chi connectivity index (χ1n) is 5.83. The van der Waals surface area contributed by atoms with E-state index in [2.05, 4.69) is 0 Å². The van der Waals surface area contributed by atoms with Gasteiger partial charge in [0.25, 0.3) is 5.69 Å². The van der Waals surface area contributed by atoms with Gasteiger partial charge in [-0.2, -0.15) is 11.8 Å². The summed E-state index contributed by atoms with van der Waals surface area (Å²) in [4.78, 5) is 23.4. The van der Waals surface area contributed by atoms with E-state index in [-0.39, 0.29) is 17.3 Å². The van der Waals surface area contributed by atoms with Gasteiger partial charge < -0.3 is 10.0 Å². The van der Waals surface area contributed by atoms with Crippen LogP contribution >= 0.6 is 11.8 Å². The summed E-state index contributed by atoms with van der Waals surface area (Å²) in [5.74, 6) is 0.858. The second-order valence-corrected chi connectivity index (χ2v) is 5.54. The highest BCUT2D eigenvalue weighted by molar-refractivity contribution is 7.99. The minimum atomic E-state index is -1.08. The summed E-state index contributed by atoms with van der Waals surface area (Å²) in [6.07, 6.45) is 0.954. The molecule has 0 bridgehead atoms. The average Bonchev–Trinajstić information content (AvgIpc) is 2.90. The molecular weight excluding hydrogens is 268 g/mol. The fraction of sp³-hybridized carbons (Fsp3) is 0.417. The molecule has 7 heteroatoms. The quantitative estimate of drug-likeness (QED) is 0.673. The number of hydrogen-bond donors (Lipinski definition) is 1. The maximum absolute atomic E-state index is 11.0. The van der Waals surface area contributed by atoms with Crippen LogP contribution < -0.4 is 4.90 Å². The third kappa shape index (κ3) is 2.81. The van der Waals surface area contributed by atoms with Gasteiger partial charge in [0.15, 0.2) is 0 Å². The average molecular weight is 282 g/mol. The largest absolute Gasteiger partial charge is 0.478 e. The first-order valence-corrected chi connectivity index (χ1v) is 6.98. The van der Waals surface area contributed by atoms with E-state index in [1.54, 1.807) is 18.8 Å². The third-order valence-electron chi connectivity index (χ3n) is 3.25. The van der Waals surface area contributed by atoms with Crippen LogP contribution in [0.15, 0.2) is 18.2 Å². The zero-order chi connectivity index (χ0) is 14.0. The molecule has 0 radical (unpaired) electrons. The van der Waals surface area contributed by atoms with E-state index < -0.39 is 10.9 Å². The number of anilines is 1. The molecule has 1 aromatic carbocycles. The molecule has 102 valence electrons. The zero-order valence-corrected chi connectivity index (χ0v) is 11.2. The lowest BCUT2D eigenvalue weighted by atomic mass is 10.1. The van der Waals surface area contributed by atoms with E-state index in [9.17, 15) is 14.9 Å². The molecule has 6 nitrogen and oxygen atoms in total. The molecule has 1 fully saturated rings. The van der Waals surface area contributed by atoms with Crippen LogP contribution in [0, 0.1) is 10.1 Å². The molecule has 1 aromatic rings. The zero-order valence-electron chi connectivity index (χ0n) is 10.4. The summed E-state index contributed by atoms with van der Waals surface area (Å²) in [6.45, 7) is 0. The Kier molecular flexibility index (Phi) is 3.94. The Labute approximate surface area is 114 Å². The molecule has 1 saturated heterocycles. The predicted octanol–water partition coefficient (Wildman–Crippen LogP) is 2.23. The van der Waals surface area contributed by atoms with E-state index in [1.165, 1.54) is 18.2 Å². The standard InChI is InChI=1S/C12H14N2O4S/c1-13(9-4-5-19-7-9)11-6-8(12(15)16)2-3-10(11)14(17)18/h2-3,6,9H,4-5,7H2,1H3,(H,15,16). The number of aromatic carboxylic acids is 1. The summed E-state index contributed by atoms with van der Waals surface area (Å²) < 4.78 is 0. The smallest absolute Gasteiger partial charge is 0.335 e. The van der Waals surface area contributed by atoms with Crippen molar-refractivity contribution in [2.45, 2.75) is 12.5 Å². The SMILES string of the molecule is CN(c1cc(C(=O)O)ccc1[N+](=O)[O-])C1CCSC1. The molecule has 1 atom stereocenters. The van der Waals surface area contributed by atoms with Crippen molar-refractivity contribution in [2.75, 3.05) is 23.5 Å². The molecule has 2 rings (SSSR count). The van der Waals surface area contributed by atoms with Gasteiger partial charge in [-0.05, 0) is 24.3 Å². The van der Waals surface area contributed by atoms with Gasteiger partial charge in [-0.25, -0.2) is 4.79 Å². The lowest BCUT2D eigenvalue weighted by Crippen LogP contribution is -2.31. The second-order valence-electron chi connectivity index (χ2n) is 4.39. The van der Waals surface area contributed by atoms with Gasteiger partial charge in [0.05, 0.1) is 10.5 Å². The maximum Gasteiger partial charge on any atom is 0.335 e. The van der Waals surface area contributed by atoms with Crippen LogP contribution in [0.5, 0.6) is 0 Å². The van der Waals surface area contributed by atoms with Crippen LogP contribution in [-0.4, -0.2) is 40.6 Å². The number of carboxylic acids is 1. The summed E-state index contributed by atoms with van der Waals surface area (Å²) in [5, 5.41) is 20.0. The molecule has 19 heavy (non-hydrogen) atoms. The van der Waals surface area contributed by atoms with Gasteiger partial charge >= 0.3 is 5.97 Å². The first kappa shape index (κ1) is 13.7. The molecule has 0 aliphatic carbocycles. The molecule has 0 amide bonds. The van der Waals surface area contributed by atoms with Crippen LogP contribution in [-0.2, 0) is 0 Å². The van der Waals surface area contributed by atoms with E-state index in [1.807, 2.05) is 4.90 Å². The van der Waals surface area contributed by atoms with Crippen molar-refractivity contribution in [2.24, 2.45) is 0 Å². The maximum atomic E-state index is 11.0. The van der Waals surface area contributed by atoms with Crippen molar-refractivity contribution in [1.82, 2.24) is 0 Å². The summed E-state index contributed by atoms with van der Waals surface area (Å²) in [6, 6.07) is 4.12. The van der Waals surface area contributed by atoms with Gasteiger partial charge in [0, 0.05) is 24.9 Å². The molecule has 1 N–H and O–H groups in total. The molecule has 1 aliphatic rings. The van der Waals surface area contributed by atoms with E-state index >= 15 is 0 Å². The van der Waals surface area contributed by atoms with Gasteiger partial charge in [-0.1, -0.05) is 0 Å². The highest BCUT2D eigenvalue weighted by Crippen LogP contribution is 2.33. The van der Waals surface area contributed by atoms with Crippen LogP contribution in [0.25, 0.3) is 0 Å². The van der Waals surface area contributed by atoms with Gasteiger partial charge in [-0.3, -0.25) is 10.1 Å². The minimum absolute atomic E-state index is 0.0515. The Balaban J connectivity index is 2.41. The topological polar surface area (TPSA) is 83.7 Å². The van der Waals surface area contributed by atoms with Crippen molar-refractivity contribution >= 4 is 29.1 Å². The molecule has 0 spiro atoms. The normalized spacial score (nSPS) is 18.3. The van der Waals surface area contributed by atoms with Crippen molar-refractivity contribution in [3.63, 3.8) is 0 Å². The van der Waals surface area contributed by atoms with Crippen LogP contribution in [0.1, 0.15) is 16.8 Å². The van der Waals surface area contributed by atoms with E-state index in [0.29, 0.717) is 5.69 Å². The highest BCUT2D eigenvalue weighted by atomic mass is 32.2. The molecule has 0 saturated carbocycles. The van der Waals surface area contributed by atoms with E-state index in [4.69, 9.17) is 5.11 Å². The number of carbonyl (C=O) groups is 1. The Bertz CT molecular complexity index is 514. The van der Waals surface area contributed by atoms with Gasteiger partial charge in [0.1, 0.15) is 5.69 Å². The molecular formula is C12H14N2O4S. The van der Waals surface area contributed by atoms with Gasteiger partial charge in [0.2, 0.25) is 0 Å². The number of rotatable bonds is 4. The van der Waals surface area contributed by atoms with Crippen LogP contribution in [0.2, 0.25) is 0 Å². The number of hydrogen-bond acceptors (Lipinski definition) is 5. The Hall–Kier alpha value is -1.76. The third-order valence-corrected chi connectivity index (χ3v) is 4.40. The molecule has 1 aliphatic heterocycles. The minimum Gasteiger partial charge on any atom is -0.478 e. The van der Waals surface area contributed by atoms with Crippen molar-refractivity contribution in [3.8, 4) is 0 Å². The lowest BCUT2D eigenvalue weighted by Gasteiger charge is -2.25. The second kappa shape index (κ2) is 5.48. The number of thioether (sulfide) groups is 1. The van der Waals surface area contributed by atoms with Crippen molar-refractivity contribution in [1.29, 1.82) is 0 Å². The summed E-state index contributed by atoms with van der Waals surface area (Å²) in [5.41, 5.74) is 0.389. The number of benzene rings is 1.